The monoisotopic (exact) mass is 270 g/mol. The Hall–Kier alpha value is -1.28. The van der Waals surface area contributed by atoms with Gasteiger partial charge < -0.3 is 10.3 Å². The third kappa shape index (κ3) is 3.24. The molecule has 0 aliphatic heterocycles. The van der Waals surface area contributed by atoms with Crippen molar-refractivity contribution in [2.24, 2.45) is 11.8 Å². The highest BCUT2D eigenvalue weighted by molar-refractivity contribution is 5.79. The van der Waals surface area contributed by atoms with Crippen molar-refractivity contribution >= 4 is 10.9 Å². The van der Waals surface area contributed by atoms with Crippen LogP contribution in [-0.4, -0.2) is 11.5 Å². The van der Waals surface area contributed by atoms with E-state index < -0.39 is 0 Å². The van der Waals surface area contributed by atoms with E-state index in [0.717, 1.165) is 18.4 Å². The summed E-state index contributed by atoms with van der Waals surface area (Å²) in [4.78, 5) is 3.24. The lowest BCUT2D eigenvalue weighted by Gasteiger charge is -2.27. The predicted molar refractivity (Wildman–Crippen MR) is 85.7 cm³/mol. The molecule has 1 fully saturated rings. The fourth-order valence-electron chi connectivity index (χ4n) is 3.48. The van der Waals surface area contributed by atoms with Crippen molar-refractivity contribution in [3.63, 3.8) is 0 Å². The number of H-pyrrole nitrogens is 1. The smallest absolute Gasteiger partial charge is 0.0454 e. The summed E-state index contributed by atoms with van der Waals surface area (Å²) in [6.45, 7) is 4.51. The predicted octanol–water partition coefficient (Wildman–Crippen LogP) is 4.47. The molecule has 1 saturated carbocycles. The second-order valence-corrected chi connectivity index (χ2v) is 6.33. The first kappa shape index (κ1) is 13.7. The molecule has 2 aromatic rings. The van der Waals surface area contributed by atoms with Crippen LogP contribution in [0.15, 0.2) is 30.5 Å². The van der Waals surface area contributed by atoms with Gasteiger partial charge in [-0.05, 0) is 60.4 Å². The molecule has 0 bridgehead atoms. The minimum absolute atomic E-state index is 0.897. The second kappa shape index (κ2) is 6.45. The quantitative estimate of drug-likeness (QED) is 0.824. The van der Waals surface area contributed by atoms with Crippen LogP contribution in [0.2, 0.25) is 0 Å². The summed E-state index contributed by atoms with van der Waals surface area (Å²) in [5.74, 6) is 1.90. The maximum atomic E-state index is 3.65. The van der Waals surface area contributed by atoms with Crippen LogP contribution in [0.1, 0.15) is 44.6 Å². The van der Waals surface area contributed by atoms with Gasteiger partial charge in [-0.15, -0.1) is 0 Å². The molecule has 0 atom stereocenters. The summed E-state index contributed by atoms with van der Waals surface area (Å²) in [6.07, 6.45) is 9.10. The Bertz CT molecular complexity index is 535. The minimum atomic E-state index is 0.897. The van der Waals surface area contributed by atoms with Crippen LogP contribution in [0.4, 0.5) is 0 Å². The molecule has 2 N–H and O–H groups in total. The van der Waals surface area contributed by atoms with Gasteiger partial charge in [-0.25, -0.2) is 0 Å². The molecule has 0 amide bonds. The molecular formula is C18H26N2. The van der Waals surface area contributed by atoms with Crippen LogP contribution in [0, 0.1) is 11.8 Å². The van der Waals surface area contributed by atoms with Crippen LogP contribution in [0.3, 0.4) is 0 Å². The van der Waals surface area contributed by atoms with E-state index in [4.69, 9.17) is 0 Å². The highest BCUT2D eigenvalue weighted by atomic mass is 14.9. The topological polar surface area (TPSA) is 27.8 Å². The van der Waals surface area contributed by atoms with Crippen molar-refractivity contribution in [2.45, 2.75) is 45.6 Å². The van der Waals surface area contributed by atoms with Crippen LogP contribution in [0.25, 0.3) is 10.9 Å². The number of aromatic amines is 1. The third-order valence-electron chi connectivity index (χ3n) is 4.92. The second-order valence-electron chi connectivity index (χ2n) is 6.33. The number of aromatic nitrogens is 1. The fourth-order valence-corrected chi connectivity index (χ4v) is 3.48. The Morgan fingerprint density at radius 3 is 2.70 bits per heavy atom. The van der Waals surface area contributed by atoms with Gasteiger partial charge in [0, 0.05) is 18.3 Å². The first-order chi connectivity index (χ1) is 9.85. The average molecular weight is 270 g/mol. The molecule has 0 spiro atoms. The number of nitrogens with one attached hydrogen (secondary N) is 2. The van der Waals surface area contributed by atoms with Crippen molar-refractivity contribution in [3.8, 4) is 0 Å². The molecule has 1 heterocycles. The number of benzene rings is 1. The minimum Gasteiger partial charge on any atom is -0.361 e. The molecule has 3 rings (SSSR count). The Kier molecular flexibility index (Phi) is 4.41. The molecule has 2 heteroatoms. The zero-order valence-electron chi connectivity index (χ0n) is 12.5. The Morgan fingerprint density at radius 2 is 1.90 bits per heavy atom. The summed E-state index contributed by atoms with van der Waals surface area (Å²) in [5, 5.41) is 4.96. The fraction of sp³-hybridized carbons (Fsp3) is 0.556. The Labute approximate surface area is 122 Å². The Morgan fingerprint density at radius 1 is 1.10 bits per heavy atom. The molecule has 2 nitrogen and oxygen atoms in total. The van der Waals surface area contributed by atoms with E-state index in [0.29, 0.717) is 0 Å². The molecule has 1 aliphatic rings. The highest BCUT2D eigenvalue weighted by Crippen LogP contribution is 2.30. The van der Waals surface area contributed by atoms with Gasteiger partial charge in [-0.2, -0.15) is 0 Å². The molecule has 0 unspecified atom stereocenters. The molecule has 1 aromatic carbocycles. The summed E-state index contributed by atoms with van der Waals surface area (Å²) in [7, 11) is 0. The SMILES string of the molecule is CCC1CCC(CNCc2ccc3[nH]ccc3c2)CC1. The standard InChI is InChI=1S/C18H26N2/c1-2-14-3-5-15(6-4-14)12-19-13-16-7-8-18-17(11-16)9-10-20-18/h7-11,14-15,19-20H,2-6,12-13H2,1H3. The van der Waals surface area contributed by atoms with E-state index in [-0.39, 0.29) is 0 Å². The molecule has 108 valence electrons. The lowest BCUT2D eigenvalue weighted by molar-refractivity contribution is 0.262. The number of rotatable bonds is 5. The molecule has 1 aliphatic carbocycles. The van der Waals surface area contributed by atoms with Crippen LogP contribution in [0.5, 0.6) is 0 Å². The lowest BCUT2D eigenvalue weighted by Crippen LogP contribution is -2.26. The number of hydrogen-bond acceptors (Lipinski definition) is 1. The highest BCUT2D eigenvalue weighted by Gasteiger charge is 2.19. The van der Waals surface area contributed by atoms with E-state index in [1.165, 1.54) is 55.1 Å². The van der Waals surface area contributed by atoms with Gasteiger partial charge in [0.1, 0.15) is 0 Å². The largest absolute Gasteiger partial charge is 0.361 e. The van der Waals surface area contributed by atoms with E-state index >= 15 is 0 Å². The summed E-state index contributed by atoms with van der Waals surface area (Å²) in [5.41, 5.74) is 2.62. The van der Waals surface area contributed by atoms with Crippen molar-refractivity contribution in [3.05, 3.63) is 36.0 Å². The van der Waals surface area contributed by atoms with Crippen LogP contribution >= 0.6 is 0 Å². The van der Waals surface area contributed by atoms with Gasteiger partial charge in [0.15, 0.2) is 0 Å². The van der Waals surface area contributed by atoms with Crippen molar-refractivity contribution in [1.29, 1.82) is 0 Å². The molecular weight excluding hydrogens is 244 g/mol. The van der Waals surface area contributed by atoms with Crippen LogP contribution < -0.4 is 5.32 Å². The van der Waals surface area contributed by atoms with Gasteiger partial charge in [0.05, 0.1) is 0 Å². The van der Waals surface area contributed by atoms with Crippen molar-refractivity contribution < 1.29 is 0 Å². The third-order valence-corrected chi connectivity index (χ3v) is 4.92. The molecule has 0 radical (unpaired) electrons. The average Bonchev–Trinajstić information content (AvgIpc) is 2.95. The summed E-state index contributed by atoms with van der Waals surface area (Å²) in [6, 6.07) is 8.83. The van der Waals surface area contributed by atoms with E-state index in [1.807, 2.05) is 6.20 Å². The van der Waals surface area contributed by atoms with Crippen molar-refractivity contribution in [2.75, 3.05) is 6.54 Å². The summed E-state index contributed by atoms with van der Waals surface area (Å²) < 4.78 is 0. The molecule has 20 heavy (non-hydrogen) atoms. The van der Waals surface area contributed by atoms with Gasteiger partial charge in [-0.3, -0.25) is 0 Å². The number of fused-ring (bicyclic) bond motifs is 1. The number of hydrogen-bond donors (Lipinski definition) is 2. The summed E-state index contributed by atoms with van der Waals surface area (Å²) >= 11 is 0. The van der Waals surface area contributed by atoms with E-state index in [1.54, 1.807) is 0 Å². The molecule has 0 saturated heterocycles. The van der Waals surface area contributed by atoms with E-state index in [9.17, 15) is 0 Å². The maximum Gasteiger partial charge on any atom is 0.0454 e. The zero-order chi connectivity index (χ0) is 13.8. The van der Waals surface area contributed by atoms with E-state index in [2.05, 4.69) is 41.5 Å². The van der Waals surface area contributed by atoms with Crippen molar-refractivity contribution in [1.82, 2.24) is 10.3 Å². The van der Waals surface area contributed by atoms with Gasteiger partial charge in [0.25, 0.3) is 0 Å². The molecule has 1 aromatic heterocycles. The zero-order valence-corrected chi connectivity index (χ0v) is 12.5. The Balaban J connectivity index is 1.45. The van der Waals surface area contributed by atoms with Gasteiger partial charge >= 0.3 is 0 Å². The first-order valence-corrected chi connectivity index (χ1v) is 8.12. The first-order valence-electron chi connectivity index (χ1n) is 8.12. The van der Waals surface area contributed by atoms with Gasteiger partial charge in [0.2, 0.25) is 0 Å². The lowest BCUT2D eigenvalue weighted by atomic mass is 9.81. The normalized spacial score (nSPS) is 23.2. The van der Waals surface area contributed by atoms with Gasteiger partial charge in [-0.1, -0.05) is 32.3 Å². The van der Waals surface area contributed by atoms with Crippen LogP contribution in [-0.2, 0) is 6.54 Å². The maximum absolute atomic E-state index is 3.65.